The number of rotatable bonds is 5. The van der Waals surface area contributed by atoms with Crippen molar-refractivity contribution in [2.45, 2.75) is 32.7 Å². The molecule has 2 rings (SSSR count). The Morgan fingerprint density at radius 3 is 2.79 bits per heavy atom. The number of benzene rings is 1. The predicted octanol–water partition coefficient (Wildman–Crippen LogP) is 3.11. The van der Waals surface area contributed by atoms with Gasteiger partial charge in [0.1, 0.15) is 11.3 Å². The molecule has 0 spiro atoms. The second-order valence-corrected chi connectivity index (χ2v) is 5.18. The van der Waals surface area contributed by atoms with Gasteiger partial charge in [-0.1, -0.05) is 6.07 Å². The van der Waals surface area contributed by atoms with Gasteiger partial charge in [0.25, 0.3) is 0 Å². The summed E-state index contributed by atoms with van der Waals surface area (Å²) in [6, 6.07) is 6.29. The maximum atomic E-state index is 11.2. The van der Waals surface area contributed by atoms with Crippen LogP contribution in [0, 0.1) is 6.92 Å². The lowest BCUT2D eigenvalue weighted by Crippen LogP contribution is -2.20. The Morgan fingerprint density at radius 2 is 2.16 bits per heavy atom. The zero-order chi connectivity index (χ0) is 14.0. The Morgan fingerprint density at radius 1 is 1.42 bits per heavy atom. The van der Waals surface area contributed by atoms with E-state index in [1.54, 1.807) is 6.92 Å². The molecule has 4 nitrogen and oxygen atoms in total. The van der Waals surface area contributed by atoms with Crippen molar-refractivity contribution < 1.29 is 9.21 Å². The van der Waals surface area contributed by atoms with Gasteiger partial charge in [0.15, 0.2) is 11.5 Å². The van der Waals surface area contributed by atoms with Crippen molar-refractivity contribution >= 4 is 16.9 Å². The molecule has 4 heteroatoms. The van der Waals surface area contributed by atoms with Gasteiger partial charge in [0.2, 0.25) is 0 Å². The van der Waals surface area contributed by atoms with Crippen LogP contribution in [0.25, 0.3) is 11.1 Å². The van der Waals surface area contributed by atoms with Gasteiger partial charge in [-0.2, -0.15) is 0 Å². The standard InChI is InChI=1S/C15H20N2O2/c1-10(18)5-7-14(17(3)4)12-6-8-15-13(9-12)16-11(2)19-15/h6,8-9,14H,5,7H2,1-4H3. The number of carbonyl (C=O) groups is 1. The highest BCUT2D eigenvalue weighted by Crippen LogP contribution is 2.27. The molecule has 0 amide bonds. The SMILES string of the molecule is CC(=O)CCC(c1ccc2oc(C)nc2c1)N(C)C. The highest BCUT2D eigenvalue weighted by Gasteiger charge is 2.16. The molecule has 2 aromatic rings. The van der Waals surface area contributed by atoms with Crippen LogP contribution in [0.2, 0.25) is 0 Å². The molecular weight excluding hydrogens is 240 g/mol. The van der Waals surface area contributed by atoms with Crippen molar-refractivity contribution in [3.05, 3.63) is 29.7 Å². The van der Waals surface area contributed by atoms with Crippen molar-refractivity contribution in [1.82, 2.24) is 9.88 Å². The molecule has 0 aliphatic carbocycles. The fourth-order valence-corrected chi connectivity index (χ4v) is 2.33. The second-order valence-electron chi connectivity index (χ2n) is 5.18. The zero-order valence-electron chi connectivity index (χ0n) is 11.9. The quantitative estimate of drug-likeness (QED) is 0.828. The van der Waals surface area contributed by atoms with E-state index in [1.165, 1.54) is 5.56 Å². The van der Waals surface area contributed by atoms with E-state index in [1.807, 2.05) is 27.1 Å². The van der Waals surface area contributed by atoms with E-state index in [0.717, 1.165) is 17.5 Å². The molecule has 0 radical (unpaired) electrons. The van der Waals surface area contributed by atoms with Gasteiger partial charge in [-0.05, 0) is 45.1 Å². The average Bonchev–Trinajstić information content (AvgIpc) is 2.67. The smallest absolute Gasteiger partial charge is 0.192 e. The van der Waals surface area contributed by atoms with Gasteiger partial charge in [0.05, 0.1) is 0 Å². The summed E-state index contributed by atoms with van der Waals surface area (Å²) in [6.07, 6.45) is 1.42. The number of nitrogens with zero attached hydrogens (tertiary/aromatic N) is 2. The first-order valence-corrected chi connectivity index (χ1v) is 6.50. The number of ketones is 1. The number of oxazole rings is 1. The molecule has 1 unspecified atom stereocenters. The predicted molar refractivity (Wildman–Crippen MR) is 75.1 cm³/mol. The summed E-state index contributed by atoms with van der Waals surface area (Å²) in [5, 5.41) is 0. The molecule has 1 heterocycles. The Hall–Kier alpha value is -1.68. The monoisotopic (exact) mass is 260 g/mol. The molecule has 1 aromatic carbocycles. The van der Waals surface area contributed by atoms with Crippen LogP contribution in [0.3, 0.4) is 0 Å². The van der Waals surface area contributed by atoms with E-state index in [9.17, 15) is 4.79 Å². The topological polar surface area (TPSA) is 46.3 Å². The molecule has 0 bridgehead atoms. The first kappa shape index (κ1) is 13.7. The van der Waals surface area contributed by atoms with Crippen LogP contribution < -0.4 is 0 Å². The fraction of sp³-hybridized carbons (Fsp3) is 0.467. The normalized spacial score (nSPS) is 13.1. The molecule has 1 aromatic heterocycles. The van der Waals surface area contributed by atoms with Gasteiger partial charge < -0.3 is 14.1 Å². The average molecular weight is 260 g/mol. The van der Waals surface area contributed by atoms with Crippen molar-refractivity contribution in [1.29, 1.82) is 0 Å². The van der Waals surface area contributed by atoms with Crippen molar-refractivity contribution in [2.24, 2.45) is 0 Å². The lowest BCUT2D eigenvalue weighted by molar-refractivity contribution is -0.117. The van der Waals surface area contributed by atoms with Gasteiger partial charge >= 0.3 is 0 Å². The van der Waals surface area contributed by atoms with Gasteiger partial charge in [-0.25, -0.2) is 4.98 Å². The van der Waals surface area contributed by atoms with E-state index in [-0.39, 0.29) is 11.8 Å². The third-order valence-corrected chi connectivity index (χ3v) is 3.30. The van der Waals surface area contributed by atoms with Crippen LogP contribution >= 0.6 is 0 Å². The third-order valence-electron chi connectivity index (χ3n) is 3.30. The van der Waals surface area contributed by atoms with Gasteiger partial charge in [-0.3, -0.25) is 0 Å². The molecule has 102 valence electrons. The van der Waals surface area contributed by atoms with Crippen LogP contribution in [0.5, 0.6) is 0 Å². The van der Waals surface area contributed by atoms with E-state index in [4.69, 9.17) is 4.42 Å². The lowest BCUT2D eigenvalue weighted by atomic mass is 9.99. The van der Waals surface area contributed by atoms with Crippen molar-refractivity contribution in [3.8, 4) is 0 Å². The summed E-state index contributed by atoms with van der Waals surface area (Å²) in [7, 11) is 4.06. The van der Waals surface area contributed by atoms with Crippen molar-refractivity contribution in [2.75, 3.05) is 14.1 Å². The largest absolute Gasteiger partial charge is 0.441 e. The number of hydrogen-bond donors (Lipinski definition) is 0. The molecule has 19 heavy (non-hydrogen) atoms. The minimum Gasteiger partial charge on any atom is -0.441 e. The summed E-state index contributed by atoms with van der Waals surface area (Å²) < 4.78 is 5.48. The molecule has 0 aliphatic rings. The maximum absolute atomic E-state index is 11.2. The number of Topliss-reactive ketones (excluding diaryl/α,β-unsaturated/α-hetero) is 1. The van der Waals surface area contributed by atoms with Crippen LogP contribution in [-0.2, 0) is 4.79 Å². The summed E-state index contributed by atoms with van der Waals surface area (Å²) in [5.41, 5.74) is 2.86. The number of aryl methyl sites for hydroxylation is 1. The van der Waals surface area contributed by atoms with Crippen LogP contribution in [0.15, 0.2) is 22.6 Å². The van der Waals surface area contributed by atoms with Gasteiger partial charge in [-0.15, -0.1) is 0 Å². The Balaban J connectivity index is 2.29. The summed E-state index contributed by atoms with van der Waals surface area (Å²) in [5.74, 6) is 0.905. The zero-order valence-corrected chi connectivity index (χ0v) is 11.9. The first-order chi connectivity index (χ1) is 8.97. The summed E-state index contributed by atoms with van der Waals surface area (Å²) >= 11 is 0. The van der Waals surface area contributed by atoms with Crippen LogP contribution in [-0.4, -0.2) is 29.8 Å². The lowest BCUT2D eigenvalue weighted by Gasteiger charge is -2.24. The molecule has 0 fully saturated rings. The van der Waals surface area contributed by atoms with Crippen LogP contribution in [0.1, 0.15) is 37.3 Å². The Labute approximate surface area is 113 Å². The van der Waals surface area contributed by atoms with Crippen LogP contribution in [0.4, 0.5) is 0 Å². The first-order valence-electron chi connectivity index (χ1n) is 6.50. The minimum absolute atomic E-state index is 0.227. The minimum atomic E-state index is 0.227. The molecule has 0 aliphatic heterocycles. The summed E-state index contributed by atoms with van der Waals surface area (Å²) in [4.78, 5) is 17.7. The number of fused-ring (bicyclic) bond motifs is 1. The maximum Gasteiger partial charge on any atom is 0.192 e. The Kier molecular flexibility index (Phi) is 4.00. The third kappa shape index (κ3) is 3.20. The second kappa shape index (κ2) is 5.53. The van der Waals surface area contributed by atoms with Crippen molar-refractivity contribution in [3.63, 3.8) is 0 Å². The van der Waals surface area contributed by atoms with E-state index < -0.39 is 0 Å². The molecule has 0 N–H and O–H groups in total. The molecule has 1 atom stereocenters. The van der Waals surface area contributed by atoms with E-state index >= 15 is 0 Å². The number of hydrogen-bond acceptors (Lipinski definition) is 4. The summed E-state index contributed by atoms with van der Waals surface area (Å²) in [6.45, 7) is 3.48. The number of aromatic nitrogens is 1. The molecule has 0 saturated carbocycles. The fourth-order valence-electron chi connectivity index (χ4n) is 2.33. The van der Waals surface area contributed by atoms with Gasteiger partial charge in [0, 0.05) is 19.4 Å². The van der Waals surface area contributed by atoms with E-state index in [2.05, 4.69) is 22.0 Å². The Bertz CT molecular complexity index is 587. The molecular formula is C15H20N2O2. The number of carbonyl (C=O) groups excluding carboxylic acids is 1. The van der Waals surface area contributed by atoms with E-state index in [0.29, 0.717) is 12.3 Å². The molecule has 0 saturated heterocycles. The highest BCUT2D eigenvalue weighted by molar-refractivity contribution is 5.75. The highest BCUT2D eigenvalue weighted by atomic mass is 16.3.